The molecule has 3 aromatic heterocycles. The predicted molar refractivity (Wildman–Crippen MR) is 146 cm³/mol. The van der Waals surface area contributed by atoms with Crippen LogP contribution in [0.2, 0.25) is 0 Å². The summed E-state index contributed by atoms with van der Waals surface area (Å²) >= 11 is 0. The Hall–Kier alpha value is -2.71. The van der Waals surface area contributed by atoms with Gasteiger partial charge in [-0.25, -0.2) is 9.97 Å². The fourth-order valence-corrected chi connectivity index (χ4v) is 6.87. The van der Waals surface area contributed by atoms with E-state index in [1.54, 1.807) is 0 Å². The van der Waals surface area contributed by atoms with Crippen molar-refractivity contribution >= 4 is 28.5 Å². The maximum Gasteiger partial charge on any atom is 0.230 e. The van der Waals surface area contributed by atoms with Gasteiger partial charge in [-0.1, -0.05) is 33.1 Å². The molecule has 0 amide bonds. The molecule has 8 heteroatoms. The van der Waals surface area contributed by atoms with Gasteiger partial charge in [0.2, 0.25) is 5.95 Å². The Balaban J connectivity index is 1.17. The summed E-state index contributed by atoms with van der Waals surface area (Å²) in [7, 11) is 0. The number of aromatic nitrogens is 4. The Morgan fingerprint density at radius 2 is 1.86 bits per heavy atom. The van der Waals surface area contributed by atoms with Crippen LogP contribution in [0.5, 0.6) is 0 Å². The Morgan fingerprint density at radius 3 is 2.58 bits per heavy atom. The molecule has 2 fully saturated rings. The van der Waals surface area contributed by atoms with Crippen LogP contribution >= 0.6 is 0 Å². The molecule has 0 aromatic carbocycles. The first-order valence-corrected chi connectivity index (χ1v) is 14.0. The highest BCUT2D eigenvalue weighted by Crippen LogP contribution is 2.40. The molecular weight excluding hydrogens is 448 g/mol. The third-order valence-electron chi connectivity index (χ3n) is 8.78. The number of fused-ring (bicyclic) bond motifs is 4. The summed E-state index contributed by atoms with van der Waals surface area (Å²) in [5.74, 6) is 1.41. The molecule has 6 rings (SSSR count). The highest BCUT2D eigenvalue weighted by molar-refractivity contribution is 5.78. The molecule has 0 atom stereocenters. The molecule has 2 N–H and O–H groups in total. The Kier molecular flexibility index (Phi) is 6.56. The summed E-state index contributed by atoms with van der Waals surface area (Å²) in [6, 6.07) is 7.20. The van der Waals surface area contributed by atoms with Crippen LogP contribution in [-0.2, 0) is 12.1 Å². The zero-order chi connectivity index (χ0) is 24.5. The van der Waals surface area contributed by atoms with Gasteiger partial charge in [-0.2, -0.15) is 4.98 Å². The summed E-state index contributed by atoms with van der Waals surface area (Å²) in [6.07, 6.45) is 12.7. The Bertz CT molecular complexity index is 1170. The number of nitrogens with one attached hydrogen (secondary N) is 2. The molecule has 8 nitrogen and oxygen atoms in total. The average molecular weight is 489 g/mol. The molecule has 192 valence electrons. The van der Waals surface area contributed by atoms with E-state index in [0.29, 0.717) is 12.0 Å². The van der Waals surface area contributed by atoms with Crippen molar-refractivity contribution in [3.8, 4) is 0 Å². The number of nitrogens with zero attached hydrogens (tertiary/aromatic N) is 6. The van der Waals surface area contributed by atoms with Crippen LogP contribution in [0.25, 0.3) is 11.0 Å². The van der Waals surface area contributed by atoms with Gasteiger partial charge in [0.05, 0.1) is 17.4 Å². The molecule has 0 bridgehead atoms. The van der Waals surface area contributed by atoms with Crippen molar-refractivity contribution in [2.75, 3.05) is 42.9 Å². The van der Waals surface area contributed by atoms with E-state index in [1.807, 2.05) is 12.4 Å². The van der Waals surface area contributed by atoms with Crippen molar-refractivity contribution in [3.63, 3.8) is 0 Å². The van der Waals surface area contributed by atoms with Crippen LogP contribution in [0.1, 0.15) is 64.5 Å². The molecule has 36 heavy (non-hydrogen) atoms. The van der Waals surface area contributed by atoms with Crippen LogP contribution in [0.3, 0.4) is 0 Å². The van der Waals surface area contributed by atoms with Gasteiger partial charge < -0.3 is 25.0 Å². The lowest BCUT2D eigenvalue weighted by molar-refractivity contribution is 0.168. The highest BCUT2D eigenvalue weighted by atomic mass is 15.2. The van der Waals surface area contributed by atoms with E-state index in [0.717, 1.165) is 56.1 Å². The summed E-state index contributed by atoms with van der Waals surface area (Å²) in [5, 5.41) is 8.15. The molecule has 1 spiro atoms. The molecule has 2 aliphatic heterocycles. The molecule has 3 aliphatic rings. The van der Waals surface area contributed by atoms with E-state index in [9.17, 15) is 0 Å². The average Bonchev–Trinajstić information content (AvgIpc) is 3.30. The third kappa shape index (κ3) is 4.34. The lowest BCUT2D eigenvalue weighted by Gasteiger charge is -2.43. The summed E-state index contributed by atoms with van der Waals surface area (Å²) in [4.78, 5) is 19.4. The van der Waals surface area contributed by atoms with Crippen molar-refractivity contribution in [3.05, 3.63) is 36.3 Å². The van der Waals surface area contributed by atoms with Crippen LogP contribution < -0.4 is 15.5 Å². The number of rotatable bonds is 6. The predicted octanol–water partition coefficient (Wildman–Crippen LogP) is 4.64. The summed E-state index contributed by atoms with van der Waals surface area (Å²) in [5.41, 5.74) is 3.73. The zero-order valence-corrected chi connectivity index (χ0v) is 21.8. The van der Waals surface area contributed by atoms with E-state index in [2.05, 4.69) is 62.0 Å². The number of anilines is 3. The molecule has 0 radical (unpaired) electrons. The standard InChI is InChI=1S/C28H40N8/c1-3-34(4-2)22-10-14-35(15-11-22)23-8-9-25(30-19-23)32-27-31-17-21-16-24-18-29-20-28(12-6-5-7-13-28)36(24)26(21)33-27/h8-9,16-17,19,22,29H,3-7,10-15,18,20H2,1-2H3,(H,30,31,32,33). The maximum atomic E-state index is 5.00. The largest absolute Gasteiger partial charge is 0.370 e. The minimum atomic E-state index is 0.151. The van der Waals surface area contributed by atoms with Gasteiger partial charge in [0.15, 0.2) is 0 Å². The van der Waals surface area contributed by atoms with Crippen LogP contribution in [0.4, 0.5) is 17.5 Å². The first-order chi connectivity index (χ1) is 17.7. The second-order valence-corrected chi connectivity index (χ2v) is 10.8. The molecule has 1 saturated heterocycles. The third-order valence-corrected chi connectivity index (χ3v) is 8.78. The summed E-state index contributed by atoms with van der Waals surface area (Å²) in [6.45, 7) is 10.9. The number of piperidine rings is 1. The van der Waals surface area contributed by atoms with Crippen LogP contribution in [0, 0.1) is 0 Å². The van der Waals surface area contributed by atoms with E-state index in [4.69, 9.17) is 9.97 Å². The Morgan fingerprint density at radius 1 is 1.06 bits per heavy atom. The van der Waals surface area contributed by atoms with Crippen molar-refractivity contribution in [2.45, 2.75) is 76.9 Å². The van der Waals surface area contributed by atoms with E-state index >= 15 is 0 Å². The topological polar surface area (TPSA) is 74.1 Å². The SMILES string of the molecule is CCN(CC)C1CCN(c2ccc(Nc3ncc4cc5n(c4n3)C3(CCCCC3)CNC5)nc2)CC1. The molecule has 1 saturated carbocycles. The van der Waals surface area contributed by atoms with Crippen molar-refractivity contribution in [1.29, 1.82) is 0 Å². The van der Waals surface area contributed by atoms with Gasteiger partial charge in [0.25, 0.3) is 0 Å². The maximum absolute atomic E-state index is 5.00. The van der Waals surface area contributed by atoms with E-state index < -0.39 is 0 Å². The first-order valence-electron chi connectivity index (χ1n) is 14.0. The smallest absolute Gasteiger partial charge is 0.230 e. The van der Waals surface area contributed by atoms with E-state index in [-0.39, 0.29) is 5.54 Å². The van der Waals surface area contributed by atoms with Crippen LogP contribution in [0.15, 0.2) is 30.6 Å². The molecule has 5 heterocycles. The van der Waals surface area contributed by atoms with Gasteiger partial charge in [0.1, 0.15) is 11.5 Å². The van der Waals surface area contributed by atoms with Crippen LogP contribution in [-0.4, -0.2) is 63.2 Å². The first kappa shape index (κ1) is 23.7. The second-order valence-electron chi connectivity index (χ2n) is 10.8. The van der Waals surface area contributed by atoms with Crippen molar-refractivity contribution < 1.29 is 0 Å². The number of hydrogen-bond acceptors (Lipinski definition) is 7. The fraction of sp³-hybridized carbons (Fsp3) is 0.607. The highest BCUT2D eigenvalue weighted by Gasteiger charge is 2.38. The lowest BCUT2D eigenvalue weighted by Crippen LogP contribution is -2.49. The minimum Gasteiger partial charge on any atom is -0.370 e. The van der Waals surface area contributed by atoms with Gasteiger partial charge in [-0.15, -0.1) is 0 Å². The lowest BCUT2D eigenvalue weighted by atomic mass is 9.80. The summed E-state index contributed by atoms with van der Waals surface area (Å²) < 4.78 is 2.53. The molecular formula is C28H40N8. The van der Waals surface area contributed by atoms with Gasteiger partial charge in [-0.05, 0) is 57.0 Å². The zero-order valence-electron chi connectivity index (χ0n) is 21.8. The monoisotopic (exact) mass is 488 g/mol. The van der Waals surface area contributed by atoms with Gasteiger partial charge in [-0.3, -0.25) is 0 Å². The van der Waals surface area contributed by atoms with Crippen molar-refractivity contribution in [2.24, 2.45) is 0 Å². The molecule has 3 aromatic rings. The molecule has 1 aliphatic carbocycles. The van der Waals surface area contributed by atoms with Gasteiger partial charge in [0, 0.05) is 49.5 Å². The van der Waals surface area contributed by atoms with Crippen molar-refractivity contribution in [1.82, 2.24) is 29.7 Å². The number of pyridine rings is 1. The van der Waals surface area contributed by atoms with Gasteiger partial charge >= 0.3 is 0 Å². The normalized spacial score (nSPS) is 20.2. The Labute approximate surface area is 214 Å². The quantitative estimate of drug-likeness (QED) is 0.523. The molecule has 0 unspecified atom stereocenters. The number of hydrogen-bond donors (Lipinski definition) is 2. The minimum absolute atomic E-state index is 0.151. The van der Waals surface area contributed by atoms with E-state index in [1.165, 1.54) is 56.3 Å². The second kappa shape index (κ2) is 9.98. The fourth-order valence-electron chi connectivity index (χ4n) is 6.87.